The van der Waals surface area contributed by atoms with Crippen molar-refractivity contribution in [1.29, 1.82) is 0 Å². The Labute approximate surface area is 235 Å². The molecule has 2 atom stereocenters. The fourth-order valence-corrected chi connectivity index (χ4v) is 5.81. The van der Waals surface area contributed by atoms with E-state index >= 15 is 0 Å². The molecule has 6 N–H and O–H groups in total. The van der Waals surface area contributed by atoms with E-state index in [1.807, 2.05) is 0 Å². The van der Waals surface area contributed by atoms with Gasteiger partial charge in [-0.15, -0.1) is 0 Å². The van der Waals surface area contributed by atoms with Gasteiger partial charge in [0.1, 0.15) is 6.10 Å². The summed E-state index contributed by atoms with van der Waals surface area (Å²) in [6.07, 6.45) is 9.40. The summed E-state index contributed by atoms with van der Waals surface area (Å²) in [6.45, 7) is 4.29. The minimum Gasteiger partial charge on any atom is -0.383 e. The van der Waals surface area contributed by atoms with Crippen molar-refractivity contribution in [3.05, 3.63) is 0 Å². The van der Waals surface area contributed by atoms with Gasteiger partial charge in [-0.05, 0) is 6.42 Å². The van der Waals surface area contributed by atoms with Crippen molar-refractivity contribution in [3.8, 4) is 0 Å². The molecule has 0 aliphatic heterocycles. The number of phosphoric acid groups is 2. The van der Waals surface area contributed by atoms with Crippen molar-refractivity contribution in [3.63, 3.8) is 0 Å². The standard InChI is InChI=1S/C23H46N2O11P2S/c1-4-5-6-7-8-9-10-11-12-13-20(27)39-17-16-24-19(26)14-15-25-22(29)21(28)23(2,3)18-35-38(33,34)36-37(30,31)32/h21,28H,4-18H2,1-3H3,(H,24,26)(H,25,29)(H,33,34)(H2,30,31,32)/t21-/m0/s1. The van der Waals surface area contributed by atoms with Gasteiger partial charge >= 0.3 is 15.6 Å². The third kappa shape index (κ3) is 21.6. The van der Waals surface area contributed by atoms with Crippen LogP contribution in [0, 0.1) is 5.41 Å². The molecule has 2 amide bonds. The summed E-state index contributed by atoms with van der Waals surface area (Å²) < 4.78 is 30.4. The first-order chi connectivity index (χ1) is 18.1. The van der Waals surface area contributed by atoms with Crippen LogP contribution < -0.4 is 10.6 Å². The molecule has 0 saturated heterocycles. The van der Waals surface area contributed by atoms with Crippen LogP contribution in [0.5, 0.6) is 0 Å². The second-order valence-electron chi connectivity index (χ2n) is 9.90. The third-order valence-corrected chi connectivity index (χ3v) is 8.69. The Hall–Kier alpha value is -0.820. The Morgan fingerprint density at radius 1 is 0.872 bits per heavy atom. The Morgan fingerprint density at radius 3 is 2.00 bits per heavy atom. The zero-order valence-electron chi connectivity index (χ0n) is 23.1. The number of amides is 2. The third-order valence-electron chi connectivity index (χ3n) is 5.62. The molecule has 39 heavy (non-hydrogen) atoms. The maximum absolute atomic E-state index is 12.2. The highest BCUT2D eigenvalue weighted by Crippen LogP contribution is 2.58. The number of rotatable bonds is 23. The number of hydrogen-bond acceptors (Lipinski definition) is 9. The van der Waals surface area contributed by atoms with Gasteiger partial charge in [0.25, 0.3) is 0 Å². The lowest BCUT2D eigenvalue weighted by Crippen LogP contribution is -2.46. The van der Waals surface area contributed by atoms with Crippen LogP contribution in [0.3, 0.4) is 0 Å². The van der Waals surface area contributed by atoms with E-state index in [9.17, 15) is 33.5 Å². The van der Waals surface area contributed by atoms with Crippen LogP contribution >= 0.6 is 27.4 Å². The molecule has 0 aliphatic rings. The van der Waals surface area contributed by atoms with Gasteiger partial charge in [0, 0.05) is 37.1 Å². The Morgan fingerprint density at radius 2 is 1.44 bits per heavy atom. The van der Waals surface area contributed by atoms with Gasteiger partial charge < -0.3 is 30.4 Å². The lowest BCUT2D eigenvalue weighted by molar-refractivity contribution is -0.137. The van der Waals surface area contributed by atoms with E-state index in [2.05, 4.69) is 26.4 Å². The smallest absolute Gasteiger partial charge is 0.383 e. The van der Waals surface area contributed by atoms with Gasteiger partial charge in [-0.25, -0.2) is 9.13 Å². The van der Waals surface area contributed by atoms with Gasteiger partial charge in [-0.2, -0.15) is 4.31 Å². The van der Waals surface area contributed by atoms with E-state index in [1.54, 1.807) is 0 Å². The molecule has 230 valence electrons. The van der Waals surface area contributed by atoms with E-state index in [0.29, 0.717) is 18.7 Å². The summed E-state index contributed by atoms with van der Waals surface area (Å²) in [5.74, 6) is -0.783. The van der Waals surface area contributed by atoms with Crippen LogP contribution in [0.4, 0.5) is 0 Å². The highest BCUT2D eigenvalue weighted by molar-refractivity contribution is 8.13. The molecule has 16 heteroatoms. The molecule has 0 radical (unpaired) electrons. The van der Waals surface area contributed by atoms with Crippen LogP contribution in [-0.4, -0.2) is 68.3 Å². The van der Waals surface area contributed by atoms with Crippen LogP contribution in [0.1, 0.15) is 91.4 Å². The maximum Gasteiger partial charge on any atom is 0.481 e. The monoisotopic (exact) mass is 620 g/mol. The topological polar surface area (TPSA) is 209 Å². The molecule has 13 nitrogen and oxygen atoms in total. The molecule has 0 aromatic heterocycles. The summed E-state index contributed by atoms with van der Waals surface area (Å²) in [7, 11) is -10.4. The van der Waals surface area contributed by atoms with Crippen molar-refractivity contribution < 1.29 is 52.1 Å². The molecular weight excluding hydrogens is 574 g/mol. The van der Waals surface area contributed by atoms with Crippen LogP contribution in [0.2, 0.25) is 0 Å². The summed E-state index contributed by atoms with van der Waals surface area (Å²) in [5, 5.41) is 15.3. The zero-order chi connectivity index (χ0) is 30.0. The molecule has 0 rings (SSSR count). The van der Waals surface area contributed by atoms with E-state index in [1.165, 1.54) is 64.1 Å². The van der Waals surface area contributed by atoms with Gasteiger partial charge in [-0.1, -0.05) is 83.9 Å². The molecule has 0 aliphatic carbocycles. The summed E-state index contributed by atoms with van der Waals surface area (Å²) in [6, 6.07) is 0. The number of carbonyl (C=O) groups excluding carboxylic acids is 3. The number of nitrogens with one attached hydrogen (secondary N) is 2. The first-order valence-corrected chi connectivity index (χ1v) is 17.2. The highest BCUT2D eigenvalue weighted by Gasteiger charge is 2.39. The zero-order valence-corrected chi connectivity index (χ0v) is 25.7. The van der Waals surface area contributed by atoms with Gasteiger partial charge in [0.05, 0.1) is 6.61 Å². The van der Waals surface area contributed by atoms with Gasteiger partial charge in [-0.3, -0.25) is 18.9 Å². The second kappa shape index (κ2) is 20.1. The fourth-order valence-electron chi connectivity index (χ4n) is 3.33. The van der Waals surface area contributed by atoms with E-state index < -0.39 is 39.7 Å². The first kappa shape index (κ1) is 38.2. The quantitative estimate of drug-likeness (QED) is 0.0717. The predicted octanol–water partition coefficient (Wildman–Crippen LogP) is 3.40. The number of carbonyl (C=O) groups is 3. The molecule has 1 unspecified atom stereocenters. The number of aliphatic hydroxyl groups excluding tert-OH is 1. The summed E-state index contributed by atoms with van der Waals surface area (Å²) >= 11 is 1.18. The molecule has 0 aromatic carbocycles. The van der Waals surface area contributed by atoms with E-state index in [-0.39, 0.29) is 24.0 Å². The van der Waals surface area contributed by atoms with Gasteiger partial charge in [0.15, 0.2) is 5.12 Å². The highest BCUT2D eigenvalue weighted by atomic mass is 32.2. The molecule has 0 spiro atoms. The number of phosphoric ester groups is 1. The molecule has 0 bridgehead atoms. The average Bonchev–Trinajstić information content (AvgIpc) is 2.82. The Bertz CT molecular complexity index is 839. The number of aliphatic hydroxyl groups is 1. The molecule has 0 fully saturated rings. The van der Waals surface area contributed by atoms with Crippen molar-refractivity contribution >= 4 is 44.3 Å². The SMILES string of the molecule is CCCCCCCCCCCC(=O)SCCNC(=O)CCNC(=O)[C@H](O)C(C)(C)COP(=O)(O)OP(=O)(O)O. The summed E-state index contributed by atoms with van der Waals surface area (Å²) in [5.41, 5.74) is -1.44. The molecule has 0 heterocycles. The van der Waals surface area contributed by atoms with Crippen molar-refractivity contribution in [2.24, 2.45) is 5.41 Å². The minimum atomic E-state index is -5.30. The maximum atomic E-state index is 12.2. The van der Waals surface area contributed by atoms with Gasteiger partial charge in [0.2, 0.25) is 11.8 Å². The average molecular weight is 621 g/mol. The fraction of sp³-hybridized carbons (Fsp3) is 0.870. The second-order valence-corrected chi connectivity index (χ2v) is 13.9. The molecular formula is C23H46N2O11P2S. The first-order valence-electron chi connectivity index (χ1n) is 13.2. The predicted molar refractivity (Wildman–Crippen MR) is 149 cm³/mol. The van der Waals surface area contributed by atoms with Crippen LogP contribution in [-0.2, 0) is 32.3 Å². The number of hydrogen-bond donors (Lipinski definition) is 6. The summed E-state index contributed by atoms with van der Waals surface area (Å²) in [4.78, 5) is 62.6. The Kier molecular flexibility index (Phi) is 19.7. The lowest BCUT2D eigenvalue weighted by Gasteiger charge is -2.29. The largest absolute Gasteiger partial charge is 0.481 e. The van der Waals surface area contributed by atoms with Crippen LogP contribution in [0.15, 0.2) is 0 Å². The number of unbranched alkanes of at least 4 members (excludes halogenated alkanes) is 8. The minimum absolute atomic E-state index is 0.0750. The normalized spacial score (nSPS) is 14.4. The van der Waals surface area contributed by atoms with Crippen LogP contribution in [0.25, 0.3) is 0 Å². The van der Waals surface area contributed by atoms with Crippen molar-refractivity contribution in [2.75, 3.05) is 25.4 Å². The number of thioether (sulfide) groups is 1. The molecule has 0 aromatic rings. The Balaban J connectivity index is 4.00. The van der Waals surface area contributed by atoms with Crippen molar-refractivity contribution in [1.82, 2.24) is 10.6 Å². The lowest BCUT2D eigenvalue weighted by atomic mass is 9.87. The van der Waals surface area contributed by atoms with Crippen molar-refractivity contribution in [2.45, 2.75) is 97.5 Å². The van der Waals surface area contributed by atoms with E-state index in [0.717, 1.165) is 19.3 Å². The van der Waals surface area contributed by atoms with E-state index in [4.69, 9.17) is 9.79 Å². The molecule has 0 saturated carbocycles.